The quantitative estimate of drug-likeness (QED) is 0.175. The van der Waals surface area contributed by atoms with E-state index in [2.05, 4.69) is 44.0 Å². The number of halogens is 2. The number of aromatic nitrogens is 3. The van der Waals surface area contributed by atoms with Gasteiger partial charge in [-0.25, -0.2) is 32.2 Å². The number of hydrogen-bond acceptors (Lipinski definition) is 9. The molecule has 0 aliphatic carbocycles. The van der Waals surface area contributed by atoms with Gasteiger partial charge in [0.2, 0.25) is 5.95 Å². The van der Waals surface area contributed by atoms with Gasteiger partial charge in [-0.15, -0.1) is 11.3 Å². The summed E-state index contributed by atoms with van der Waals surface area (Å²) in [6.07, 6.45) is 1.68. The molecule has 5 aromatic rings. The largest absolute Gasteiger partial charge is 0.369 e. The van der Waals surface area contributed by atoms with E-state index in [-0.39, 0.29) is 11.6 Å². The maximum absolute atomic E-state index is 14.3. The Hall–Kier alpha value is -4.46. The van der Waals surface area contributed by atoms with Crippen LogP contribution in [0.3, 0.4) is 0 Å². The average Bonchev–Trinajstić information content (AvgIpc) is 3.48. The highest BCUT2D eigenvalue weighted by Gasteiger charge is 2.25. The molecule has 0 unspecified atom stereocenters. The predicted molar refractivity (Wildman–Crippen MR) is 179 cm³/mol. The number of hydrogen-bond donors (Lipinski definition) is 2. The SMILES string of the molecule is CC(C)c1nc(-c2cccc(NS(=O)(=O)c3c(F)cccc3F)c2)c(-c2ccnc(Nc3cccc(N4CCN(C)CC4)c3)n2)s1. The number of benzene rings is 3. The van der Waals surface area contributed by atoms with Crippen molar-refractivity contribution in [3.05, 3.63) is 95.6 Å². The zero-order valence-electron chi connectivity index (χ0n) is 25.5. The van der Waals surface area contributed by atoms with Gasteiger partial charge in [-0.2, -0.15) is 0 Å². The molecule has 0 spiro atoms. The van der Waals surface area contributed by atoms with Crippen molar-refractivity contribution in [3.63, 3.8) is 0 Å². The normalized spacial score (nSPS) is 14.1. The van der Waals surface area contributed by atoms with Crippen molar-refractivity contribution in [2.75, 3.05) is 48.2 Å². The molecule has 3 aromatic carbocycles. The van der Waals surface area contributed by atoms with Crippen LogP contribution < -0.4 is 14.9 Å². The Morgan fingerprint density at radius 3 is 2.30 bits per heavy atom. The van der Waals surface area contributed by atoms with E-state index in [1.165, 1.54) is 17.4 Å². The molecule has 2 aromatic heterocycles. The van der Waals surface area contributed by atoms with Gasteiger partial charge < -0.3 is 15.1 Å². The summed E-state index contributed by atoms with van der Waals surface area (Å²) in [6, 6.07) is 19.5. The number of thiazole rings is 1. The zero-order chi connectivity index (χ0) is 32.4. The van der Waals surface area contributed by atoms with E-state index in [1.54, 1.807) is 30.5 Å². The van der Waals surface area contributed by atoms with Crippen LogP contribution in [0.25, 0.3) is 21.8 Å². The first-order valence-corrected chi connectivity index (χ1v) is 17.1. The minimum Gasteiger partial charge on any atom is -0.369 e. The molecular formula is C33H33F2N7O2S2. The van der Waals surface area contributed by atoms with Crippen LogP contribution in [0.5, 0.6) is 0 Å². The van der Waals surface area contributed by atoms with Crippen molar-refractivity contribution in [2.24, 2.45) is 0 Å². The van der Waals surface area contributed by atoms with Gasteiger partial charge in [0.05, 0.1) is 21.3 Å². The van der Waals surface area contributed by atoms with Gasteiger partial charge in [0.15, 0.2) is 4.90 Å². The molecule has 13 heteroatoms. The number of sulfonamides is 1. The Kier molecular flexibility index (Phi) is 8.98. The van der Waals surface area contributed by atoms with Crippen LogP contribution in [0.1, 0.15) is 24.8 Å². The Balaban J connectivity index is 1.30. The van der Waals surface area contributed by atoms with Gasteiger partial charge in [0.1, 0.15) is 11.6 Å². The van der Waals surface area contributed by atoms with Crippen molar-refractivity contribution in [2.45, 2.75) is 24.7 Å². The van der Waals surface area contributed by atoms with E-state index in [0.717, 1.165) is 65.6 Å². The lowest BCUT2D eigenvalue weighted by Gasteiger charge is -2.34. The number of nitrogens with zero attached hydrogens (tertiary/aromatic N) is 5. The number of piperazine rings is 1. The maximum atomic E-state index is 14.3. The molecular weight excluding hydrogens is 629 g/mol. The van der Waals surface area contributed by atoms with Crippen molar-refractivity contribution >= 4 is 44.4 Å². The smallest absolute Gasteiger partial charge is 0.267 e. The maximum Gasteiger partial charge on any atom is 0.267 e. The zero-order valence-corrected chi connectivity index (χ0v) is 27.2. The van der Waals surface area contributed by atoms with Crippen molar-refractivity contribution in [3.8, 4) is 21.8 Å². The number of anilines is 4. The second kappa shape index (κ2) is 13.1. The molecule has 2 N–H and O–H groups in total. The van der Waals surface area contributed by atoms with E-state index in [9.17, 15) is 17.2 Å². The summed E-state index contributed by atoms with van der Waals surface area (Å²) < 4.78 is 56.8. The molecule has 0 bridgehead atoms. The van der Waals surface area contributed by atoms with Gasteiger partial charge in [-0.1, -0.05) is 38.1 Å². The Labute approximate surface area is 271 Å². The molecule has 0 atom stereocenters. The van der Waals surface area contributed by atoms with Crippen molar-refractivity contribution in [1.29, 1.82) is 0 Å². The topological polar surface area (TPSA) is 103 Å². The van der Waals surface area contributed by atoms with Gasteiger partial charge in [0.25, 0.3) is 10.0 Å². The van der Waals surface area contributed by atoms with Crippen LogP contribution in [0.2, 0.25) is 0 Å². The van der Waals surface area contributed by atoms with E-state index in [4.69, 9.17) is 9.97 Å². The van der Waals surface area contributed by atoms with Gasteiger partial charge in [-0.05, 0) is 55.6 Å². The summed E-state index contributed by atoms with van der Waals surface area (Å²) in [6.45, 7) is 8.02. The Morgan fingerprint density at radius 2 is 1.57 bits per heavy atom. The number of nitrogens with one attached hydrogen (secondary N) is 2. The Morgan fingerprint density at radius 1 is 0.870 bits per heavy atom. The molecule has 1 aliphatic heterocycles. The minimum absolute atomic E-state index is 0.125. The van der Waals surface area contributed by atoms with Crippen molar-refractivity contribution in [1.82, 2.24) is 19.9 Å². The van der Waals surface area contributed by atoms with Crippen LogP contribution >= 0.6 is 11.3 Å². The summed E-state index contributed by atoms with van der Waals surface area (Å²) in [7, 11) is -2.41. The molecule has 1 saturated heterocycles. The first-order chi connectivity index (χ1) is 22.1. The van der Waals surface area contributed by atoms with Gasteiger partial charge in [-0.3, -0.25) is 4.72 Å². The van der Waals surface area contributed by atoms with Crippen molar-refractivity contribution < 1.29 is 17.2 Å². The summed E-state index contributed by atoms with van der Waals surface area (Å²) >= 11 is 1.49. The highest BCUT2D eigenvalue weighted by molar-refractivity contribution is 7.92. The second-order valence-corrected chi connectivity index (χ2v) is 14.0. The molecule has 1 fully saturated rings. The molecule has 0 radical (unpaired) electrons. The van der Waals surface area contributed by atoms with Crippen LogP contribution in [-0.4, -0.2) is 61.5 Å². The summed E-state index contributed by atoms with van der Waals surface area (Å²) in [4.78, 5) is 18.6. The monoisotopic (exact) mass is 661 g/mol. The second-order valence-electron chi connectivity index (χ2n) is 11.4. The lowest BCUT2D eigenvalue weighted by Crippen LogP contribution is -2.44. The third-order valence-corrected chi connectivity index (χ3v) is 10.4. The fourth-order valence-corrected chi connectivity index (χ4v) is 7.40. The lowest BCUT2D eigenvalue weighted by molar-refractivity contribution is 0.313. The predicted octanol–water partition coefficient (Wildman–Crippen LogP) is 6.96. The van der Waals surface area contributed by atoms with Gasteiger partial charge in [0, 0.05) is 60.9 Å². The van der Waals surface area contributed by atoms with E-state index >= 15 is 0 Å². The van der Waals surface area contributed by atoms with Crippen LogP contribution in [0.15, 0.2) is 83.9 Å². The van der Waals surface area contributed by atoms with Crippen LogP contribution in [-0.2, 0) is 10.0 Å². The standard InChI is InChI=1S/C33H33F2N7O2S2/c1-21(2)32-39-29(22-7-4-9-24(19-22)40-46(43,44)31-26(34)11-6-12-27(31)35)30(45-32)28-13-14-36-33(38-28)37-23-8-5-10-25(20-23)42-17-15-41(3)16-18-42/h4-14,19-21,40H,15-18H2,1-3H3,(H,36,37,38). The third-order valence-electron chi connectivity index (χ3n) is 7.57. The number of rotatable bonds is 9. The molecule has 3 heterocycles. The van der Waals surface area contributed by atoms with E-state index < -0.39 is 26.6 Å². The molecule has 9 nitrogen and oxygen atoms in total. The van der Waals surface area contributed by atoms with E-state index in [1.807, 2.05) is 26.0 Å². The highest BCUT2D eigenvalue weighted by Crippen LogP contribution is 2.39. The summed E-state index contributed by atoms with van der Waals surface area (Å²) in [5.41, 5.74) is 4.00. The first kappa shape index (κ1) is 31.5. The van der Waals surface area contributed by atoms with Crippen LogP contribution in [0.4, 0.5) is 31.8 Å². The number of likely N-dealkylation sites (N-methyl/N-ethyl adjacent to an activating group) is 1. The average molecular weight is 662 g/mol. The highest BCUT2D eigenvalue weighted by atomic mass is 32.2. The lowest BCUT2D eigenvalue weighted by atomic mass is 10.1. The molecule has 0 amide bonds. The van der Waals surface area contributed by atoms with Gasteiger partial charge >= 0.3 is 0 Å². The fourth-order valence-electron chi connectivity index (χ4n) is 5.15. The fraction of sp³-hybridized carbons (Fsp3) is 0.242. The molecule has 0 saturated carbocycles. The molecule has 46 heavy (non-hydrogen) atoms. The van der Waals surface area contributed by atoms with E-state index in [0.29, 0.717) is 22.9 Å². The Bertz CT molecular complexity index is 1960. The third kappa shape index (κ3) is 6.86. The molecule has 1 aliphatic rings. The molecule has 238 valence electrons. The van der Waals surface area contributed by atoms with Crippen LogP contribution in [0, 0.1) is 11.6 Å². The first-order valence-electron chi connectivity index (χ1n) is 14.8. The summed E-state index contributed by atoms with van der Waals surface area (Å²) in [5.74, 6) is -1.80. The minimum atomic E-state index is -4.54. The summed E-state index contributed by atoms with van der Waals surface area (Å²) in [5, 5.41) is 4.21. The molecule has 6 rings (SSSR count).